The maximum Gasteiger partial charge on any atom is 0.237 e. The lowest BCUT2D eigenvalue weighted by Crippen LogP contribution is -2.45. The summed E-state index contributed by atoms with van der Waals surface area (Å²) in [6.45, 7) is 9.62. The number of halogens is 1. The molecule has 0 heterocycles. The number of rotatable bonds is 5. The smallest absolute Gasteiger partial charge is 0.237 e. The van der Waals surface area contributed by atoms with Gasteiger partial charge in [-0.05, 0) is 29.5 Å². The second-order valence-electron chi connectivity index (χ2n) is 5.99. The molecule has 0 aromatic heterocycles. The molecule has 0 saturated heterocycles. The van der Waals surface area contributed by atoms with E-state index >= 15 is 0 Å². The van der Waals surface area contributed by atoms with E-state index in [2.05, 4.69) is 11.9 Å². The fraction of sp³-hybridized carbons (Fsp3) is 0.438. The van der Waals surface area contributed by atoms with Crippen LogP contribution >= 0.6 is 0 Å². The highest BCUT2D eigenvalue weighted by Crippen LogP contribution is 2.32. The average molecular weight is 278 g/mol. The molecule has 0 saturated carbocycles. The maximum atomic E-state index is 13.0. The quantitative estimate of drug-likeness (QED) is 0.814. The highest BCUT2D eigenvalue weighted by atomic mass is 19.1. The summed E-state index contributed by atoms with van der Waals surface area (Å²) in [5.74, 6) is -0.523. The Kier molecular flexibility index (Phi) is 5.45. The Labute approximate surface area is 120 Å². The highest BCUT2D eigenvalue weighted by Gasteiger charge is 2.29. The predicted molar refractivity (Wildman–Crippen MR) is 79.5 cm³/mol. The van der Waals surface area contributed by atoms with Gasteiger partial charge >= 0.3 is 0 Å². The summed E-state index contributed by atoms with van der Waals surface area (Å²) in [7, 11) is 0. The molecule has 0 bridgehead atoms. The molecular formula is C16H23FN2O. The fourth-order valence-electron chi connectivity index (χ4n) is 1.99. The van der Waals surface area contributed by atoms with Gasteiger partial charge < -0.3 is 11.1 Å². The van der Waals surface area contributed by atoms with E-state index < -0.39 is 6.04 Å². The first kappa shape index (κ1) is 16.4. The molecular weight excluding hydrogens is 255 g/mol. The van der Waals surface area contributed by atoms with Crippen molar-refractivity contribution in [3.8, 4) is 0 Å². The van der Waals surface area contributed by atoms with Gasteiger partial charge in [0.1, 0.15) is 5.82 Å². The predicted octanol–water partition coefficient (Wildman–Crippen LogP) is 2.93. The first-order valence-corrected chi connectivity index (χ1v) is 6.68. The van der Waals surface area contributed by atoms with Gasteiger partial charge in [0.2, 0.25) is 5.91 Å². The molecule has 1 rings (SSSR count). The van der Waals surface area contributed by atoms with Crippen LogP contribution in [0.3, 0.4) is 0 Å². The van der Waals surface area contributed by atoms with Crippen LogP contribution in [0.1, 0.15) is 38.8 Å². The molecule has 2 atom stereocenters. The molecule has 20 heavy (non-hydrogen) atoms. The Balaban J connectivity index is 2.94. The van der Waals surface area contributed by atoms with E-state index in [4.69, 9.17) is 5.73 Å². The van der Waals surface area contributed by atoms with Crippen LogP contribution in [0.2, 0.25) is 0 Å². The molecule has 4 heteroatoms. The zero-order chi connectivity index (χ0) is 15.3. The van der Waals surface area contributed by atoms with Gasteiger partial charge in [0.25, 0.3) is 0 Å². The fourth-order valence-corrected chi connectivity index (χ4v) is 1.99. The summed E-state index contributed by atoms with van der Waals surface area (Å²) in [4.78, 5) is 12.1. The summed E-state index contributed by atoms with van der Waals surface area (Å²) >= 11 is 0. The second kappa shape index (κ2) is 6.66. The van der Waals surface area contributed by atoms with Crippen molar-refractivity contribution in [2.75, 3.05) is 0 Å². The van der Waals surface area contributed by atoms with Crippen LogP contribution in [0.5, 0.6) is 0 Å². The second-order valence-corrected chi connectivity index (χ2v) is 5.99. The third-order valence-corrected chi connectivity index (χ3v) is 3.11. The number of hydrogen-bond donors (Lipinski definition) is 2. The number of nitrogens with one attached hydrogen (secondary N) is 1. The van der Waals surface area contributed by atoms with E-state index in [1.165, 1.54) is 12.1 Å². The number of hydrogen-bond acceptors (Lipinski definition) is 2. The normalized spacial score (nSPS) is 14.4. The molecule has 0 radical (unpaired) electrons. The van der Waals surface area contributed by atoms with Gasteiger partial charge in [0.05, 0.1) is 12.1 Å². The van der Waals surface area contributed by atoms with E-state index in [-0.39, 0.29) is 23.2 Å². The van der Waals surface area contributed by atoms with Crippen molar-refractivity contribution < 1.29 is 9.18 Å². The van der Waals surface area contributed by atoms with Crippen LogP contribution in [0, 0.1) is 11.2 Å². The minimum Gasteiger partial charge on any atom is -0.347 e. The van der Waals surface area contributed by atoms with E-state index in [0.717, 1.165) is 5.56 Å². The highest BCUT2D eigenvalue weighted by molar-refractivity contribution is 5.82. The van der Waals surface area contributed by atoms with Crippen molar-refractivity contribution in [2.45, 2.75) is 39.3 Å². The van der Waals surface area contributed by atoms with Crippen molar-refractivity contribution in [3.05, 3.63) is 48.3 Å². The summed E-state index contributed by atoms with van der Waals surface area (Å²) in [5.41, 5.74) is 6.43. The Morgan fingerprint density at radius 3 is 2.40 bits per heavy atom. The van der Waals surface area contributed by atoms with Crippen LogP contribution < -0.4 is 11.1 Å². The van der Waals surface area contributed by atoms with E-state index in [9.17, 15) is 9.18 Å². The lowest BCUT2D eigenvalue weighted by molar-refractivity contribution is -0.123. The van der Waals surface area contributed by atoms with Crippen molar-refractivity contribution >= 4 is 5.91 Å². The molecule has 0 aliphatic carbocycles. The Morgan fingerprint density at radius 2 is 1.95 bits per heavy atom. The standard InChI is InChI=1S/C16H23FN2O/c1-5-6-13(18)15(20)19-14(16(2,3)4)11-7-9-12(17)10-8-11/h5,7-10,13-14H,1,6,18H2,2-4H3,(H,19,20). The van der Waals surface area contributed by atoms with Crippen molar-refractivity contribution in [2.24, 2.45) is 11.1 Å². The zero-order valence-corrected chi connectivity index (χ0v) is 12.3. The van der Waals surface area contributed by atoms with Crippen LogP contribution in [-0.2, 0) is 4.79 Å². The SMILES string of the molecule is C=CCC(N)C(=O)NC(c1ccc(F)cc1)C(C)(C)C. The maximum absolute atomic E-state index is 13.0. The van der Waals surface area contributed by atoms with E-state index in [1.54, 1.807) is 18.2 Å². The van der Waals surface area contributed by atoms with Gasteiger partial charge in [-0.1, -0.05) is 39.0 Å². The molecule has 0 spiro atoms. The zero-order valence-electron chi connectivity index (χ0n) is 12.3. The molecule has 0 aliphatic heterocycles. The number of nitrogens with two attached hydrogens (primary N) is 1. The van der Waals surface area contributed by atoms with Gasteiger partial charge in [-0.2, -0.15) is 0 Å². The molecule has 0 fully saturated rings. The van der Waals surface area contributed by atoms with E-state index in [0.29, 0.717) is 6.42 Å². The van der Waals surface area contributed by atoms with E-state index in [1.807, 2.05) is 20.8 Å². The third kappa shape index (κ3) is 4.46. The van der Waals surface area contributed by atoms with Gasteiger partial charge in [-0.25, -0.2) is 4.39 Å². The summed E-state index contributed by atoms with van der Waals surface area (Å²) in [6, 6.07) is 5.31. The lowest BCUT2D eigenvalue weighted by Gasteiger charge is -2.32. The third-order valence-electron chi connectivity index (χ3n) is 3.11. The molecule has 0 aliphatic rings. The molecule has 1 amide bonds. The number of benzene rings is 1. The lowest BCUT2D eigenvalue weighted by atomic mass is 9.82. The van der Waals surface area contributed by atoms with Crippen LogP contribution in [-0.4, -0.2) is 11.9 Å². The molecule has 1 aromatic carbocycles. The Hall–Kier alpha value is -1.68. The van der Waals surface area contributed by atoms with Crippen LogP contribution in [0.15, 0.2) is 36.9 Å². The molecule has 110 valence electrons. The number of amides is 1. The van der Waals surface area contributed by atoms with Crippen LogP contribution in [0.25, 0.3) is 0 Å². The van der Waals surface area contributed by atoms with Gasteiger partial charge in [0, 0.05) is 0 Å². The minimum atomic E-state index is -0.613. The largest absolute Gasteiger partial charge is 0.347 e. The van der Waals surface area contributed by atoms with Crippen molar-refractivity contribution in [3.63, 3.8) is 0 Å². The molecule has 3 N–H and O–H groups in total. The monoisotopic (exact) mass is 278 g/mol. The number of carbonyl (C=O) groups excluding carboxylic acids is 1. The summed E-state index contributed by atoms with van der Waals surface area (Å²) < 4.78 is 13.0. The summed E-state index contributed by atoms with van der Waals surface area (Å²) in [5, 5.41) is 2.94. The average Bonchev–Trinajstić information content (AvgIpc) is 2.36. The Bertz CT molecular complexity index is 462. The molecule has 3 nitrogen and oxygen atoms in total. The minimum absolute atomic E-state index is 0.207. The topological polar surface area (TPSA) is 55.1 Å². The van der Waals surface area contributed by atoms with Gasteiger partial charge in [-0.15, -0.1) is 6.58 Å². The Morgan fingerprint density at radius 1 is 1.40 bits per heavy atom. The summed E-state index contributed by atoms with van der Waals surface area (Å²) in [6.07, 6.45) is 2.04. The molecule has 2 unspecified atom stereocenters. The molecule has 1 aromatic rings. The van der Waals surface area contributed by atoms with Crippen molar-refractivity contribution in [1.29, 1.82) is 0 Å². The number of carbonyl (C=O) groups is 1. The van der Waals surface area contributed by atoms with Crippen molar-refractivity contribution in [1.82, 2.24) is 5.32 Å². The van der Waals surface area contributed by atoms with Gasteiger partial charge in [-0.3, -0.25) is 4.79 Å². The van der Waals surface area contributed by atoms with Crippen LogP contribution in [0.4, 0.5) is 4.39 Å². The van der Waals surface area contributed by atoms with Gasteiger partial charge in [0.15, 0.2) is 0 Å². The first-order valence-electron chi connectivity index (χ1n) is 6.68. The first-order chi connectivity index (χ1) is 9.25.